The van der Waals surface area contributed by atoms with E-state index >= 15 is 0 Å². The van der Waals surface area contributed by atoms with Gasteiger partial charge < -0.3 is 9.47 Å². The molecule has 0 aliphatic rings. The van der Waals surface area contributed by atoms with E-state index in [1.165, 1.54) is 7.11 Å². The number of carbonyl (C=O) groups is 1. The third kappa shape index (κ3) is 2.96. The Morgan fingerprint density at radius 3 is 2.79 bits per heavy atom. The van der Waals surface area contributed by atoms with Crippen molar-refractivity contribution in [3.8, 4) is 5.75 Å². The molecule has 0 aliphatic heterocycles. The van der Waals surface area contributed by atoms with Crippen molar-refractivity contribution in [1.82, 2.24) is 15.0 Å². The van der Waals surface area contributed by atoms with Crippen LogP contribution in [0.15, 0.2) is 47.3 Å². The van der Waals surface area contributed by atoms with Crippen LogP contribution in [-0.2, 0) is 11.5 Å². The summed E-state index contributed by atoms with van der Waals surface area (Å²) in [6, 6.07) is 11.8. The fourth-order valence-electron chi connectivity index (χ4n) is 2.26. The van der Waals surface area contributed by atoms with Gasteiger partial charge in [0.2, 0.25) is 0 Å². The molecule has 3 aromatic rings. The van der Waals surface area contributed by atoms with Crippen LogP contribution < -0.4 is 10.3 Å². The highest BCUT2D eigenvalue weighted by atomic mass is 16.5. The highest BCUT2D eigenvalue weighted by Gasteiger charge is 2.12. The summed E-state index contributed by atoms with van der Waals surface area (Å²) < 4.78 is 11.3. The molecule has 7 nitrogen and oxygen atoms in total. The number of carbonyl (C=O) groups excluding carboxylic acids is 1. The van der Waals surface area contributed by atoms with Gasteiger partial charge in [-0.3, -0.25) is 4.79 Å². The summed E-state index contributed by atoms with van der Waals surface area (Å²) in [5.41, 5.74) is 1.37. The molecule has 2 aromatic carbocycles. The Hall–Kier alpha value is -3.22. The Morgan fingerprint density at radius 1 is 1.21 bits per heavy atom. The molecule has 0 bridgehead atoms. The number of aromatic nitrogens is 3. The van der Waals surface area contributed by atoms with Crippen molar-refractivity contribution in [3.63, 3.8) is 0 Å². The molecule has 0 saturated heterocycles. The molecular formula is C17H15N3O4. The first-order valence-electron chi connectivity index (χ1n) is 7.24. The fraction of sp³-hybridized carbons (Fsp3) is 0.176. The summed E-state index contributed by atoms with van der Waals surface area (Å²) in [4.78, 5) is 24.4. The largest absolute Gasteiger partial charge is 0.496 e. The van der Waals surface area contributed by atoms with Crippen LogP contribution in [0.25, 0.3) is 10.9 Å². The highest BCUT2D eigenvalue weighted by molar-refractivity contribution is 5.90. The number of fused-ring (bicyclic) bond motifs is 1. The topological polar surface area (TPSA) is 83.3 Å². The van der Waals surface area contributed by atoms with Crippen molar-refractivity contribution in [1.29, 1.82) is 0 Å². The van der Waals surface area contributed by atoms with Crippen molar-refractivity contribution in [3.05, 3.63) is 63.9 Å². The van der Waals surface area contributed by atoms with E-state index in [4.69, 9.17) is 9.47 Å². The molecule has 122 valence electrons. The summed E-state index contributed by atoms with van der Waals surface area (Å²) in [5, 5.41) is 8.12. The van der Waals surface area contributed by atoms with Gasteiger partial charge in [0.15, 0.2) is 6.73 Å². The zero-order valence-corrected chi connectivity index (χ0v) is 13.2. The number of ether oxygens (including phenoxy) is 2. The van der Waals surface area contributed by atoms with Gasteiger partial charge in [0.05, 0.1) is 18.1 Å². The van der Waals surface area contributed by atoms with Crippen molar-refractivity contribution < 1.29 is 14.3 Å². The third-order valence-corrected chi connectivity index (χ3v) is 3.59. The maximum atomic E-state index is 12.3. The molecule has 0 saturated carbocycles. The molecule has 0 N–H and O–H groups in total. The number of benzene rings is 2. The van der Waals surface area contributed by atoms with Gasteiger partial charge in [-0.2, -0.15) is 4.68 Å². The van der Waals surface area contributed by atoms with E-state index in [9.17, 15) is 9.59 Å². The Labute approximate surface area is 137 Å². The van der Waals surface area contributed by atoms with Crippen LogP contribution in [0.4, 0.5) is 0 Å². The number of rotatable bonds is 4. The molecule has 0 radical (unpaired) electrons. The van der Waals surface area contributed by atoms with Crippen LogP contribution in [0.3, 0.4) is 0 Å². The van der Waals surface area contributed by atoms with E-state index in [1.54, 1.807) is 42.5 Å². The van der Waals surface area contributed by atoms with Gasteiger partial charge in [-0.05, 0) is 36.8 Å². The van der Waals surface area contributed by atoms with Crippen LogP contribution in [0.5, 0.6) is 5.75 Å². The summed E-state index contributed by atoms with van der Waals surface area (Å²) >= 11 is 0. The van der Waals surface area contributed by atoms with Gasteiger partial charge in [0, 0.05) is 0 Å². The second-order valence-electron chi connectivity index (χ2n) is 5.16. The van der Waals surface area contributed by atoms with E-state index in [1.807, 2.05) is 6.92 Å². The smallest absolute Gasteiger partial charge is 0.340 e. The molecule has 24 heavy (non-hydrogen) atoms. The number of methoxy groups -OCH3 is 1. The molecule has 0 atom stereocenters. The molecule has 7 heteroatoms. The van der Waals surface area contributed by atoms with Crippen molar-refractivity contribution >= 4 is 16.9 Å². The van der Waals surface area contributed by atoms with Crippen molar-refractivity contribution in [2.24, 2.45) is 0 Å². The average molecular weight is 325 g/mol. The van der Waals surface area contributed by atoms with Crippen molar-refractivity contribution in [2.45, 2.75) is 13.7 Å². The monoisotopic (exact) mass is 325 g/mol. The van der Waals surface area contributed by atoms with Gasteiger partial charge in [0.1, 0.15) is 11.3 Å². The summed E-state index contributed by atoms with van der Waals surface area (Å²) in [6.07, 6.45) is 0. The van der Waals surface area contributed by atoms with E-state index in [0.29, 0.717) is 22.2 Å². The molecule has 0 unspecified atom stereocenters. The van der Waals surface area contributed by atoms with Crippen LogP contribution in [0.1, 0.15) is 15.9 Å². The fourth-order valence-corrected chi connectivity index (χ4v) is 2.26. The maximum Gasteiger partial charge on any atom is 0.340 e. The minimum absolute atomic E-state index is 0.314. The molecule has 0 fully saturated rings. The second kappa shape index (κ2) is 6.49. The predicted octanol–water partition coefficient (Wildman–Crippen LogP) is 1.92. The summed E-state index contributed by atoms with van der Waals surface area (Å²) in [6.45, 7) is 1.56. The zero-order chi connectivity index (χ0) is 17.1. The van der Waals surface area contributed by atoms with Gasteiger partial charge in [-0.15, -0.1) is 5.10 Å². The van der Waals surface area contributed by atoms with Gasteiger partial charge in [-0.25, -0.2) is 4.79 Å². The average Bonchev–Trinajstić information content (AvgIpc) is 2.61. The van der Waals surface area contributed by atoms with Gasteiger partial charge in [-0.1, -0.05) is 23.4 Å². The Balaban J connectivity index is 1.79. The Morgan fingerprint density at radius 2 is 2.00 bits per heavy atom. The molecule has 0 amide bonds. The predicted molar refractivity (Wildman–Crippen MR) is 86.9 cm³/mol. The summed E-state index contributed by atoms with van der Waals surface area (Å²) in [5.74, 6) is 0.0160. The lowest BCUT2D eigenvalue weighted by Gasteiger charge is -2.09. The normalized spacial score (nSPS) is 10.6. The number of hydrogen-bond donors (Lipinski definition) is 0. The molecule has 1 aromatic heterocycles. The van der Waals surface area contributed by atoms with Gasteiger partial charge in [0.25, 0.3) is 5.56 Å². The van der Waals surface area contributed by atoms with E-state index in [0.717, 1.165) is 10.2 Å². The molecule has 0 aliphatic carbocycles. The minimum Gasteiger partial charge on any atom is -0.496 e. The van der Waals surface area contributed by atoms with E-state index < -0.39 is 5.97 Å². The van der Waals surface area contributed by atoms with Crippen LogP contribution in [0.2, 0.25) is 0 Å². The summed E-state index contributed by atoms with van der Waals surface area (Å²) in [7, 11) is 1.53. The van der Waals surface area contributed by atoms with Crippen LogP contribution in [-0.4, -0.2) is 28.1 Å². The number of esters is 1. The van der Waals surface area contributed by atoms with Crippen LogP contribution in [0, 0.1) is 6.92 Å². The quantitative estimate of drug-likeness (QED) is 0.682. The van der Waals surface area contributed by atoms with E-state index in [-0.39, 0.29) is 12.3 Å². The lowest BCUT2D eigenvalue weighted by atomic mass is 10.1. The standard InChI is InChI=1S/C17H15N3O4/c1-11-7-8-12(9-15(11)23-2)17(22)24-10-20-16(21)13-5-3-4-6-14(13)18-19-20/h3-9H,10H2,1-2H3. The Bertz CT molecular complexity index is 965. The maximum absolute atomic E-state index is 12.3. The van der Waals surface area contributed by atoms with Gasteiger partial charge >= 0.3 is 5.97 Å². The lowest BCUT2D eigenvalue weighted by molar-refractivity contribution is 0.0335. The highest BCUT2D eigenvalue weighted by Crippen LogP contribution is 2.19. The molecular weight excluding hydrogens is 310 g/mol. The first-order valence-corrected chi connectivity index (χ1v) is 7.24. The first kappa shape index (κ1) is 15.7. The number of aryl methyl sites for hydroxylation is 1. The first-order chi connectivity index (χ1) is 11.6. The Kier molecular flexibility index (Phi) is 4.24. The zero-order valence-electron chi connectivity index (χ0n) is 13.2. The SMILES string of the molecule is COc1cc(C(=O)OCn2nnc3ccccc3c2=O)ccc1C. The second-order valence-corrected chi connectivity index (χ2v) is 5.16. The van der Waals surface area contributed by atoms with Crippen LogP contribution >= 0.6 is 0 Å². The minimum atomic E-state index is -0.574. The van der Waals surface area contributed by atoms with Crippen molar-refractivity contribution in [2.75, 3.05) is 7.11 Å². The number of nitrogens with zero attached hydrogens (tertiary/aromatic N) is 3. The molecule has 1 heterocycles. The third-order valence-electron chi connectivity index (χ3n) is 3.59. The number of hydrogen-bond acceptors (Lipinski definition) is 6. The van der Waals surface area contributed by atoms with E-state index in [2.05, 4.69) is 10.3 Å². The molecule has 0 spiro atoms. The molecule has 3 rings (SSSR count). The lowest BCUT2D eigenvalue weighted by Crippen LogP contribution is -2.26.